The van der Waals surface area contributed by atoms with Crippen molar-refractivity contribution in [1.29, 1.82) is 0 Å². The van der Waals surface area contributed by atoms with Crippen molar-refractivity contribution in [3.63, 3.8) is 0 Å². The summed E-state index contributed by atoms with van der Waals surface area (Å²) in [6.07, 6.45) is 3.89. The summed E-state index contributed by atoms with van der Waals surface area (Å²) in [4.78, 5) is 4.25. The van der Waals surface area contributed by atoms with Crippen LogP contribution in [0.25, 0.3) is 0 Å². The maximum absolute atomic E-state index is 4.25. The Morgan fingerprint density at radius 3 is 2.91 bits per heavy atom. The van der Waals surface area contributed by atoms with Crippen LogP contribution in [0.4, 0.5) is 0 Å². The van der Waals surface area contributed by atoms with Gasteiger partial charge in [0.15, 0.2) is 5.16 Å². The number of hydrogen-bond acceptors (Lipinski definition) is 2. The monoisotopic (exact) mass is 170 g/mol. The van der Waals surface area contributed by atoms with Crippen LogP contribution in [0.2, 0.25) is 0 Å². The highest BCUT2D eigenvalue weighted by molar-refractivity contribution is 7.99. The van der Waals surface area contributed by atoms with Crippen LogP contribution in [0, 0.1) is 0 Å². The van der Waals surface area contributed by atoms with E-state index >= 15 is 0 Å². The lowest BCUT2D eigenvalue weighted by atomic mass is 10.4. The van der Waals surface area contributed by atoms with Gasteiger partial charge in [-0.25, -0.2) is 4.98 Å². The first-order valence-electron chi connectivity index (χ1n) is 3.91. The fourth-order valence-corrected chi connectivity index (χ4v) is 1.75. The smallest absolute Gasteiger partial charge is 0.168 e. The Bertz CT molecular complexity index is 218. The minimum atomic E-state index is 0.520. The van der Waals surface area contributed by atoms with Crippen molar-refractivity contribution in [2.75, 3.05) is 5.75 Å². The molecule has 0 aromatic carbocycles. The molecule has 0 spiro atoms. The van der Waals surface area contributed by atoms with Crippen LogP contribution in [-0.2, 0) is 0 Å². The molecule has 0 amide bonds. The van der Waals surface area contributed by atoms with Crippen LogP contribution in [0.3, 0.4) is 0 Å². The minimum absolute atomic E-state index is 0.520. The summed E-state index contributed by atoms with van der Waals surface area (Å²) in [6.45, 7) is 6.48. The van der Waals surface area contributed by atoms with Crippen LogP contribution < -0.4 is 0 Å². The van der Waals surface area contributed by atoms with E-state index < -0.39 is 0 Å². The normalized spacial score (nSPS) is 10.9. The van der Waals surface area contributed by atoms with Crippen LogP contribution in [0.1, 0.15) is 26.8 Å². The summed E-state index contributed by atoms with van der Waals surface area (Å²) in [6, 6.07) is 0.520. The number of hydrogen-bond donors (Lipinski definition) is 0. The van der Waals surface area contributed by atoms with Crippen molar-refractivity contribution in [3.05, 3.63) is 12.4 Å². The molecular weight excluding hydrogens is 156 g/mol. The molecule has 0 aliphatic heterocycles. The van der Waals surface area contributed by atoms with E-state index in [1.54, 1.807) is 11.8 Å². The number of nitrogens with zero attached hydrogens (tertiary/aromatic N) is 2. The Morgan fingerprint density at radius 1 is 1.64 bits per heavy atom. The number of aromatic nitrogens is 2. The lowest BCUT2D eigenvalue weighted by Gasteiger charge is -2.09. The molecule has 1 aromatic heterocycles. The molecule has 0 aliphatic carbocycles. The van der Waals surface area contributed by atoms with Crippen LogP contribution in [0.15, 0.2) is 17.6 Å². The second kappa shape index (κ2) is 3.81. The van der Waals surface area contributed by atoms with Crippen molar-refractivity contribution in [2.24, 2.45) is 0 Å². The number of imidazole rings is 1. The van der Waals surface area contributed by atoms with E-state index in [9.17, 15) is 0 Å². The highest BCUT2D eigenvalue weighted by Crippen LogP contribution is 2.18. The van der Waals surface area contributed by atoms with Gasteiger partial charge in [0.2, 0.25) is 0 Å². The molecule has 1 heterocycles. The van der Waals surface area contributed by atoms with Gasteiger partial charge in [-0.3, -0.25) is 0 Å². The molecular formula is C8H14N2S. The van der Waals surface area contributed by atoms with Gasteiger partial charge in [0.05, 0.1) is 0 Å². The summed E-state index contributed by atoms with van der Waals surface area (Å²) >= 11 is 1.79. The third-order valence-corrected chi connectivity index (χ3v) is 2.33. The number of rotatable bonds is 3. The van der Waals surface area contributed by atoms with Gasteiger partial charge >= 0.3 is 0 Å². The minimum Gasteiger partial charge on any atom is -0.324 e. The molecule has 11 heavy (non-hydrogen) atoms. The van der Waals surface area contributed by atoms with E-state index in [1.165, 1.54) is 0 Å². The van der Waals surface area contributed by atoms with Crippen molar-refractivity contribution in [2.45, 2.75) is 32.0 Å². The second-order valence-corrected chi connectivity index (χ2v) is 3.88. The first-order chi connectivity index (χ1) is 5.25. The molecule has 0 radical (unpaired) electrons. The average molecular weight is 170 g/mol. The summed E-state index contributed by atoms with van der Waals surface area (Å²) in [5, 5.41) is 1.13. The molecule has 0 unspecified atom stereocenters. The zero-order valence-corrected chi connectivity index (χ0v) is 8.06. The zero-order chi connectivity index (χ0) is 8.27. The van der Waals surface area contributed by atoms with Gasteiger partial charge in [0.25, 0.3) is 0 Å². The fraction of sp³-hybridized carbons (Fsp3) is 0.625. The molecule has 0 N–H and O–H groups in total. The molecule has 2 nitrogen and oxygen atoms in total. The largest absolute Gasteiger partial charge is 0.324 e. The molecule has 0 atom stereocenters. The summed E-state index contributed by atoms with van der Waals surface area (Å²) in [5.74, 6) is 1.09. The van der Waals surface area contributed by atoms with E-state index in [1.807, 2.05) is 12.4 Å². The number of thioether (sulfide) groups is 1. The van der Waals surface area contributed by atoms with Gasteiger partial charge in [-0.2, -0.15) is 0 Å². The van der Waals surface area contributed by atoms with Gasteiger partial charge < -0.3 is 4.57 Å². The van der Waals surface area contributed by atoms with Gasteiger partial charge in [0.1, 0.15) is 0 Å². The molecule has 0 saturated heterocycles. The SMILES string of the molecule is CCSc1nccn1C(C)C. The second-order valence-electron chi connectivity index (χ2n) is 2.64. The zero-order valence-electron chi connectivity index (χ0n) is 7.24. The van der Waals surface area contributed by atoms with Crippen molar-refractivity contribution >= 4 is 11.8 Å². The lowest BCUT2D eigenvalue weighted by Crippen LogP contribution is -2.00. The van der Waals surface area contributed by atoms with E-state index in [4.69, 9.17) is 0 Å². The third kappa shape index (κ3) is 1.99. The highest BCUT2D eigenvalue weighted by Gasteiger charge is 2.03. The highest BCUT2D eigenvalue weighted by atomic mass is 32.2. The first kappa shape index (κ1) is 8.65. The Morgan fingerprint density at radius 2 is 2.36 bits per heavy atom. The Kier molecular flexibility index (Phi) is 3.00. The summed E-state index contributed by atoms with van der Waals surface area (Å²) < 4.78 is 2.19. The van der Waals surface area contributed by atoms with E-state index in [2.05, 4.69) is 30.3 Å². The van der Waals surface area contributed by atoms with Crippen molar-refractivity contribution < 1.29 is 0 Å². The quantitative estimate of drug-likeness (QED) is 0.649. The summed E-state index contributed by atoms with van der Waals surface area (Å²) in [7, 11) is 0. The lowest BCUT2D eigenvalue weighted by molar-refractivity contribution is 0.550. The Hall–Kier alpha value is -0.440. The molecule has 3 heteroatoms. The fourth-order valence-electron chi connectivity index (χ4n) is 0.933. The van der Waals surface area contributed by atoms with Gasteiger partial charge in [-0.05, 0) is 19.6 Å². The molecule has 0 bridgehead atoms. The maximum Gasteiger partial charge on any atom is 0.168 e. The first-order valence-corrected chi connectivity index (χ1v) is 4.90. The van der Waals surface area contributed by atoms with Gasteiger partial charge in [0, 0.05) is 18.4 Å². The molecule has 62 valence electrons. The van der Waals surface area contributed by atoms with Crippen LogP contribution in [-0.4, -0.2) is 15.3 Å². The molecule has 0 saturated carbocycles. The van der Waals surface area contributed by atoms with E-state index in [-0.39, 0.29) is 0 Å². The molecule has 1 rings (SSSR count). The third-order valence-electron chi connectivity index (χ3n) is 1.46. The average Bonchev–Trinajstić information content (AvgIpc) is 2.36. The Balaban J connectivity index is 2.78. The standard InChI is InChI=1S/C8H14N2S/c1-4-11-8-9-5-6-10(8)7(2)3/h5-7H,4H2,1-3H3. The van der Waals surface area contributed by atoms with Gasteiger partial charge in [-0.1, -0.05) is 18.7 Å². The topological polar surface area (TPSA) is 17.8 Å². The Labute approximate surface area is 72.0 Å². The van der Waals surface area contributed by atoms with E-state index in [0.717, 1.165) is 10.9 Å². The molecule has 1 aromatic rings. The van der Waals surface area contributed by atoms with Crippen molar-refractivity contribution in [3.8, 4) is 0 Å². The van der Waals surface area contributed by atoms with E-state index in [0.29, 0.717) is 6.04 Å². The van der Waals surface area contributed by atoms with Crippen LogP contribution in [0.5, 0.6) is 0 Å². The molecule has 0 fully saturated rings. The van der Waals surface area contributed by atoms with Gasteiger partial charge in [-0.15, -0.1) is 0 Å². The van der Waals surface area contributed by atoms with Crippen molar-refractivity contribution in [1.82, 2.24) is 9.55 Å². The predicted molar refractivity (Wildman–Crippen MR) is 49.0 cm³/mol. The predicted octanol–water partition coefficient (Wildman–Crippen LogP) is 2.58. The molecule has 0 aliphatic rings. The maximum atomic E-state index is 4.25. The summed E-state index contributed by atoms with van der Waals surface area (Å²) in [5.41, 5.74) is 0. The van der Waals surface area contributed by atoms with Crippen LogP contribution >= 0.6 is 11.8 Å².